The first kappa shape index (κ1) is 32.6. The van der Waals surface area contributed by atoms with Gasteiger partial charge in [0.25, 0.3) is 15.3 Å². The van der Waals surface area contributed by atoms with Crippen molar-refractivity contribution in [1.29, 1.82) is 0 Å². The van der Waals surface area contributed by atoms with Crippen molar-refractivity contribution < 1.29 is 57.6 Å². The molecule has 1 N–H and O–H groups in total. The Morgan fingerprint density at radius 3 is 2.37 bits per heavy atom. The summed E-state index contributed by atoms with van der Waals surface area (Å²) in [4.78, 5) is 57.7. The molecule has 0 bridgehead atoms. The number of ether oxygens (including phenoxy) is 1. The second kappa shape index (κ2) is 15.2. The lowest BCUT2D eigenvalue weighted by Gasteiger charge is -2.22. The number of aliphatic carboxylic acids is 1. The van der Waals surface area contributed by atoms with Crippen LogP contribution < -0.4 is 4.74 Å². The summed E-state index contributed by atoms with van der Waals surface area (Å²) >= 11 is 0. The Labute approximate surface area is 229 Å². The molecule has 1 saturated carbocycles. The normalized spacial score (nSPS) is 21.4. The van der Waals surface area contributed by atoms with Crippen molar-refractivity contribution in [2.45, 2.75) is 56.6 Å². The third kappa shape index (κ3) is 11.6. The topological polar surface area (TPSA) is 204 Å². The summed E-state index contributed by atoms with van der Waals surface area (Å²) in [5.74, 6) is -2.99. The Morgan fingerprint density at radius 1 is 1.07 bits per heavy atom. The molecule has 41 heavy (non-hydrogen) atoms. The first-order valence-electron chi connectivity index (χ1n) is 12.0. The lowest BCUT2D eigenvalue weighted by molar-refractivity contribution is -0.776. The van der Waals surface area contributed by atoms with E-state index in [-0.39, 0.29) is 25.0 Å². The standard InChI is InChI=1S/C23H26F3N3O12/c24-23(25,26)15-6-5-7-16(12-15)38-14-17(39-27(32)33)10-11-19-18(8-3-1-2-4-9-22(30)31)20(40-28(34)35)13-21(19)41-29(36)37/h1,3,5-7,10-12,17-21H,2,4,8-9,13-14H2,(H,30,31)/b3-1-,11-10+/t17-,18-,19-,20+,21-/m1/s1. The van der Waals surface area contributed by atoms with Crippen molar-refractivity contribution in [2.75, 3.05) is 6.61 Å². The molecule has 0 radical (unpaired) electrons. The number of rotatable bonds is 17. The Balaban J connectivity index is 2.25. The average Bonchev–Trinajstić information content (AvgIpc) is 3.16. The molecule has 0 amide bonds. The number of halogens is 3. The Bertz CT molecular complexity index is 1130. The molecule has 18 heteroatoms. The molecule has 226 valence electrons. The lowest BCUT2D eigenvalue weighted by Crippen LogP contribution is -2.27. The Morgan fingerprint density at radius 2 is 1.76 bits per heavy atom. The van der Waals surface area contributed by atoms with E-state index < -0.39 is 69.7 Å². The third-order valence-corrected chi connectivity index (χ3v) is 5.99. The minimum atomic E-state index is -4.66. The number of hydrogen-bond donors (Lipinski definition) is 1. The van der Waals surface area contributed by atoms with Gasteiger partial charge in [0.15, 0.2) is 6.10 Å². The second-order valence-electron chi connectivity index (χ2n) is 8.79. The maximum atomic E-state index is 13.0. The van der Waals surface area contributed by atoms with E-state index in [0.29, 0.717) is 18.9 Å². The van der Waals surface area contributed by atoms with E-state index >= 15 is 0 Å². The highest BCUT2D eigenvalue weighted by atomic mass is 19.4. The highest BCUT2D eigenvalue weighted by Crippen LogP contribution is 2.40. The summed E-state index contributed by atoms with van der Waals surface area (Å²) < 4.78 is 44.1. The van der Waals surface area contributed by atoms with Crippen molar-refractivity contribution in [1.82, 2.24) is 0 Å². The highest BCUT2D eigenvalue weighted by molar-refractivity contribution is 5.66. The molecular weight excluding hydrogens is 567 g/mol. The lowest BCUT2D eigenvalue weighted by atomic mass is 9.89. The number of carbonyl (C=O) groups is 1. The Hall–Kier alpha value is -4.64. The summed E-state index contributed by atoms with van der Waals surface area (Å²) in [5.41, 5.74) is -1.02. The smallest absolute Gasteiger partial charge is 0.416 e. The van der Waals surface area contributed by atoms with Gasteiger partial charge in [-0.2, -0.15) is 13.2 Å². The van der Waals surface area contributed by atoms with Crippen molar-refractivity contribution in [3.63, 3.8) is 0 Å². The molecule has 0 spiro atoms. The van der Waals surface area contributed by atoms with Crippen molar-refractivity contribution >= 4 is 5.97 Å². The highest BCUT2D eigenvalue weighted by Gasteiger charge is 2.45. The van der Waals surface area contributed by atoms with E-state index in [1.54, 1.807) is 12.2 Å². The maximum Gasteiger partial charge on any atom is 0.416 e. The van der Waals surface area contributed by atoms with Crippen LogP contribution in [0, 0.1) is 42.2 Å². The van der Waals surface area contributed by atoms with Gasteiger partial charge in [0.1, 0.15) is 24.6 Å². The number of hydrogen-bond acceptors (Lipinski definition) is 11. The molecule has 0 aromatic heterocycles. The molecule has 15 nitrogen and oxygen atoms in total. The van der Waals surface area contributed by atoms with Crippen LogP contribution in [0.5, 0.6) is 5.75 Å². The number of carboxylic acids is 1. The number of alkyl halides is 3. The van der Waals surface area contributed by atoms with Crippen LogP contribution in [0.3, 0.4) is 0 Å². The summed E-state index contributed by atoms with van der Waals surface area (Å²) in [6, 6.07) is 3.75. The molecule has 0 heterocycles. The SMILES string of the molecule is O=C(O)CCC/C=C\C[C@@H]1[C@@H](/C=C/[C@H](COc2cccc(C(F)(F)F)c2)O[N+](=O)[O-])[C@H](O[N+](=O)[O-])C[C@@H]1O[N+](=O)[O-]. The van der Waals surface area contributed by atoms with Crippen LogP contribution >= 0.6 is 0 Å². The van der Waals surface area contributed by atoms with Crippen LogP contribution in [0.1, 0.15) is 37.7 Å². The minimum absolute atomic E-state index is 0.0780. The molecule has 1 aromatic rings. The minimum Gasteiger partial charge on any atom is -0.491 e. The molecule has 1 aliphatic carbocycles. The monoisotopic (exact) mass is 593 g/mol. The van der Waals surface area contributed by atoms with Crippen LogP contribution in [0.2, 0.25) is 0 Å². The van der Waals surface area contributed by atoms with Gasteiger partial charge in [0.2, 0.25) is 0 Å². The molecule has 1 aromatic carbocycles. The maximum absolute atomic E-state index is 13.0. The fraction of sp³-hybridized carbons (Fsp3) is 0.522. The molecule has 5 atom stereocenters. The molecule has 0 saturated heterocycles. The quantitative estimate of drug-likeness (QED) is 0.117. The molecule has 0 unspecified atom stereocenters. The van der Waals surface area contributed by atoms with E-state index in [1.165, 1.54) is 12.1 Å². The predicted molar refractivity (Wildman–Crippen MR) is 129 cm³/mol. The van der Waals surface area contributed by atoms with E-state index in [9.17, 15) is 48.3 Å². The van der Waals surface area contributed by atoms with Crippen LogP contribution in [-0.4, -0.2) is 51.3 Å². The first-order chi connectivity index (χ1) is 19.3. The van der Waals surface area contributed by atoms with Crippen molar-refractivity contribution in [3.05, 3.63) is 84.5 Å². The summed E-state index contributed by atoms with van der Waals surface area (Å²) in [7, 11) is 0. The number of unbranched alkanes of at least 4 members (excludes halogenated alkanes) is 1. The zero-order valence-corrected chi connectivity index (χ0v) is 21.2. The van der Waals surface area contributed by atoms with Gasteiger partial charge in [-0.3, -0.25) is 4.79 Å². The first-order valence-corrected chi connectivity index (χ1v) is 12.0. The zero-order chi connectivity index (χ0) is 30.6. The Kier molecular flexibility index (Phi) is 12.1. The molecule has 1 fully saturated rings. The van der Waals surface area contributed by atoms with Gasteiger partial charge in [-0.15, -0.1) is 30.3 Å². The van der Waals surface area contributed by atoms with Gasteiger partial charge >= 0.3 is 12.1 Å². The van der Waals surface area contributed by atoms with E-state index in [2.05, 4.69) is 4.84 Å². The van der Waals surface area contributed by atoms with Gasteiger partial charge in [0, 0.05) is 18.8 Å². The van der Waals surface area contributed by atoms with Gasteiger partial charge in [-0.25, -0.2) is 0 Å². The van der Waals surface area contributed by atoms with Gasteiger partial charge in [-0.05, 0) is 43.4 Å². The zero-order valence-electron chi connectivity index (χ0n) is 21.2. The van der Waals surface area contributed by atoms with E-state index in [0.717, 1.165) is 18.2 Å². The second-order valence-corrected chi connectivity index (χ2v) is 8.79. The number of carboxylic acid groups (broad SMARTS) is 1. The summed E-state index contributed by atoms with van der Waals surface area (Å²) in [6.07, 6.45) is -2.56. The molecule has 0 aliphatic heterocycles. The van der Waals surface area contributed by atoms with Crippen molar-refractivity contribution in [3.8, 4) is 5.75 Å². The van der Waals surface area contributed by atoms with Crippen molar-refractivity contribution in [2.24, 2.45) is 11.8 Å². The molecular formula is C23H26F3N3O12. The van der Waals surface area contributed by atoms with Crippen LogP contribution in [-0.2, 0) is 25.5 Å². The average molecular weight is 593 g/mol. The van der Waals surface area contributed by atoms with Gasteiger partial charge in [0.05, 0.1) is 5.56 Å². The third-order valence-electron chi connectivity index (χ3n) is 5.99. The van der Waals surface area contributed by atoms with E-state index in [4.69, 9.17) is 19.5 Å². The molecule has 2 rings (SSSR count). The largest absolute Gasteiger partial charge is 0.491 e. The summed E-state index contributed by atoms with van der Waals surface area (Å²) in [6.45, 7) is -0.630. The van der Waals surface area contributed by atoms with Crippen LogP contribution in [0.4, 0.5) is 13.2 Å². The number of benzene rings is 1. The van der Waals surface area contributed by atoms with Crippen LogP contribution in [0.15, 0.2) is 48.6 Å². The predicted octanol–water partition coefficient (Wildman–Crippen LogP) is 4.21. The van der Waals surface area contributed by atoms with E-state index in [1.807, 2.05) is 0 Å². The number of nitrogens with zero attached hydrogens (tertiary/aromatic N) is 3. The summed E-state index contributed by atoms with van der Waals surface area (Å²) in [5, 5.41) is 38.5. The fourth-order valence-electron chi connectivity index (χ4n) is 4.28. The van der Waals surface area contributed by atoms with Crippen LogP contribution in [0.25, 0.3) is 0 Å². The fourth-order valence-corrected chi connectivity index (χ4v) is 4.28. The van der Waals surface area contributed by atoms with Gasteiger partial charge < -0.3 is 24.4 Å². The molecule has 1 aliphatic rings. The van der Waals surface area contributed by atoms with Gasteiger partial charge in [-0.1, -0.05) is 30.4 Å². The number of allylic oxidation sites excluding steroid dienone is 2.